The van der Waals surface area contributed by atoms with Gasteiger partial charge in [-0.1, -0.05) is 72.8 Å². The maximum atomic E-state index is 13.5. The van der Waals surface area contributed by atoms with E-state index in [1.807, 2.05) is 6.07 Å². The Labute approximate surface area is 184 Å². The standard InChI is InChI=1S/C23H21F3N2O3S/c24-23(25,26)20-13-7-8-14-21(20)32(30,31)28(16-19-11-5-2-6-12-19)17-22(29)27-15-18-9-3-1-4-10-18/h1-14H,15-17H2,(H,27,29). The zero-order chi connectivity index (χ0) is 23.2. The average Bonchev–Trinajstić information content (AvgIpc) is 2.78. The van der Waals surface area contributed by atoms with Gasteiger partial charge in [-0.15, -0.1) is 0 Å². The third-order valence-corrected chi connectivity index (χ3v) is 6.51. The molecule has 0 aromatic heterocycles. The maximum absolute atomic E-state index is 13.5. The molecule has 1 amide bonds. The second-order valence-corrected chi connectivity index (χ2v) is 8.92. The van der Waals surface area contributed by atoms with Crippen LogP contribution in [0.25, 0.3) is 0 Å². The summed E-state index contributed by atoms with van der Waals surface area (Å²) in [5.41, 5.74) is 0.0694. The van der Waals surface area contributed by atoms with Gasteiger partial charge in [-0.25, -0.2) is 8.42 Å². The van der Waals surface area contributed by atoms with Gasteiger partial charge in [0.1, 0.15) is 0 Å². The van der Waals surface area contributed by atoms with E-state index in [1.165, 1.54) is 6.07 Å². The van der Waals surface area contributed by atoms with E-state index in [0.717, 1.165) is 22.0 Å². The van der Waals surface area contributed by atoms with Crippen molar-refractivity contribution in [3.05, 3.63) is 102 Å². The number of rotatable bonds is 8. The topological polar surface area (TPSA) is 66.5 Å². The van der Waals surface area contributed by atoms with Crippen molar-refractivity contribution >= 4 is 15.9 Å². The SMILES string of the molecule is O=C(CN(Cc1ccccc1)S(=O)(=O)c1ccccc1C(F)(F)F)NCc1ccccc1. The first-order chi connectivity index (χ1) is 15.2. The molecule has 0 saturated heterocycles. The van der Waals surface area contributed by atoms with Crippen LogP contribution in [0.3, 0.4) is 0 Å². The molecule has 0 unspecified atom stereocenters. The zero-order valence-corrected chi connectivity index (χ0v) is 17.7. The second kappa shape index (κ2) is 9.97. The molecular formula is C23H21F3N2O3S. The van der Waals surface area contributed by atoms with Crippen LogP contribution in [-0.2, 0) is 34.1 Å². The molecule has 0 atom stereocenters. The third kappa shape index (κ3) is 5.95. The van der Waals surface area contributed by atoms with Gasteiger partial charge in [0.2, 0.25) is 15.9 Å². The Morgan fingerprint density at radius 3 is 1.94 bits per heavy atom. The first kappa shape index (κ1) is 23.5. The summed E-state index contributed by atoms with van der Waals surface area (Å²) in [6, 6.07) is 21.3. The fourth-order valence-electron chi connectivity index (χ4n) is 3.09. The van der Waals surface area contributed by atoms with Gasteiger partial charge in [0.25, 0.3) is 0 Å². The van der Waals surface area contributed by atoms with Crippen LogP contribution in [0, 0.1) is 0 Å². The van der Waals surface area contributed by atoms with Crippen LogP contribution in [0.15, 0.2) is 89.8 Å². The van der Waals surface area contributed by atoms with Crippen molar-refractivity contribution in [1.29, 1.82) is 0 Å². The van der Waals surface area contributed by atoms with E-state index in [-0.39, 0.29) is 13.1 Å². The molecule has 3 aromatic carbocycles. The highest BCUT2D eigenvalue weighted by molar-refractivity contribution is 7.89. The van der Waals surface area contributed by atoms with Gasteiger partial charge in [-0.2, -0.15) is 17.5 Å². The van der Waals surface area contributed by atoms with Crippen molar-refractivity contribution < 1.29 is 26.4 Å². The zero-order valence-electron chi connectivity index (χ0n) is 16.9. The largest absolute Gasteiger partial charge is 0.417 e. The number of alkyl halides is 3. The monoisotopic (exact) mass is 462 g/mol. The van der Waals surface area contributed by atoms with Crippen molar-refractivity contribution in [2.24, 2.45) is 0 Å². The van der Waals surface area contributed by atoms with Crippen molar-refractivity contribution in [3.63, 3.8) is 0 Å². The Balaban J connectivity index is 1.89. The molecule has 9 heteroatoms. The minimum Gasteiger partial charge on any atom is -0.351 e. The minimum atomic E-state index is -4.86. The van der Waals surface area contributed by atoms with Gasteiger partial charge < -0.3 is 5.32 Å². The lowest BCUT2D eigenvalue weighted by Crippen LogP contribution is -2.40. The lowest BCUT2D eigenvalue weighted by molar-refractivity contribution is -0.139. The fraction of sp³-hybridized carbons (Fsp3) is 0.174. The molecule has 32 heavy (non-hydrogen) atoms. The van der Waals surface area contributed by atoms with Gasteiger partial charge in [-0.05, 0) is 23.3 Å². The number of benzene rings is 3. The van der Waals surface area contributed by atoms with Crippen molar-refractivity contribution in [2.45, 2.75) is 24.2 Å². The van der Waals surface area contributed by atoms with E-state index >= 15 is 0 Å². The molecule has 0 bridgehead atoms. The van der Waals surface area contributed by atoms with Crippen molar-refractivity contribution in [2.75, 3.05) is 6.54 Å². The normalized spacial score (nSPS) is 12.0. The van der Waals surface area contributed by atoms with Crippen LogP contribution < -0.4 is 5.32 Å². The van der Waals surface area contributed by atoms with Gasteiger partial charge in [0, 0.05) is 13.1 Å². The molecule has 168 valence electrons. The molecule has 0 aliphatic heterocycles. The van der Waals surface area contributed by atoms with E-state index in [0.29, 0.717) is 11.6 Å². The molecule has 0 radical (unpaired) electrons. The number of hydrogen-bond acceptors (Lipinski definition) is 3. The van der Waals surface area contributed by atoms with E-state index in [4.69, 9.17) is 0 Å². The Bertz CT molecular complexity index is 1150. The first-order valence-electron chi connectivity index (χ1n) is 9.69. The van der Waals surface area contributed by atoms with Gasteiger partial charge in [0.15, 0.2) is 0 Å². The molecule has 0 spiro atoms. The third-order valence-electron chi connectivity index (χ3n) is 4.66. The number of carbonyl (C=O) groups is 1. The van der Waals surface area contributed by atoms with E-state index in [9.17, 15) is 26.4 Å². The van der Waals surface area contributed by atoms with Gasteiger partial charge in [0.05, 0.1) is 17.0 Å². The fourth-order valence-corrected chi connectivity index (χ4v) is 4.69. The molecular weight excluding hydrogens is 441 g/mol. The summed E-state index contributed by atoms with van der Waals surface area (Å²) < 4.78 is 67.7. The van der Waals surface area contributed by atoms with Crippen LogP contribution in [0.4, 0.5) is 13.2 Å². The molecule has 5 nitrogen and oxygen atoms in total. The summed E-state index contributed by atoms with van der Waals surface area (Å²) in [5, 5.41) is 2.62. The first-order valence-corrected chi connectivity index (χ1v) is 11.1. The Hall–Kier alpha value is -3.17. The number of amides is 1. The highest BCUT2D eigenvalue weighted by Crippen LogP contribution is 2.35. The van der Waals surface area contributed by atoms with Crippen molar-refractivity contribution in [1.82, 2.24) is 9.62 Å². The minimum absolute atomic E-state index is 0.165. The second-order valence-electron chi connectivity index (χ2n) is 7.01. The summed E-state index contributed by atoms with van der Waals surface area (Å²) in [5.74, 6) is -0.627. The molecule has 0 aliphatic rings. The molecule has 0 fully saturated rings. The summed E-state index contributed by atoms with van der Waals surface area (Å²) in [4.78, 5) is 11.6. The Morgan fingerprint density at radius 1 is 0.812 bits per heavy atom. The van der Waals surface area contributed by atoms with Crippen LogP contribution in [0.1, 0.15) is 16.7 Å². The van der Waals surface area contributed by atoms with Crippen molar-refractivity contribution in [3.8, 4) is 0 Å². The molecule has 0 aliphatic carbocycles. The van der Waals surface area contributed by atoms with Gasteiger partial charge >= 0.3 is 6.18 Å². The predicted molar refractivity (Wildman–Crippen MR) is 114 cm³/mol. The van der Waals surface area contributed by atoms with Gasteiger partial charge in [-0.3, -0.25) is 4.79 Å². The van der Waals surface area contributed by atoms with Crippen LogP contribution in [0.2, 0.25) is 0 Å². The summed E-state index contributed by atoms with van der Waals surface area (Å²) in [6.45, 7) is -0.720. The Kier molecular flexibility index (Phi) is 7.32. The van der Waals surface area contributed by atoms with E-state index in [2.05, 4.69) is 5.32 Å². The number of halogens is 3. The maximum Gasteiger partial charge on any atom is 0.417 e. The van der Waals surface area contributed by atoms with Crippen LogP contribution >= 0.6 is 0 Å². The quantitative estimate of drug-likeness (QED) is 0.545. The number of nitrogens with one attached hydrogen (secondary N) is 1. The van der Waals surface area contributed by atoms with E-state index < -0.39 is 39.1 Å². The molecule has 3 aromatic rings. The molecule has 0 heterocycles. The van der Waals surface area contributed by atoms with Crippen LogP contribution in [-0.4, -0.2) is 25.2 Å². The number of carbonyl (C=O) groups excluding carboxylic acids is 1. The number of nitrogens with zero attached hydrogens (tertiary/aromatic N) is 1. The predicted octanol–water partition coefficient (Wildman–Crippen LogP) is 4.21. The summed E-state index contributed by atoms with van der Waals surface area (Å²) in [7, 11) is -4.64. The summed E-state index contributed by atoms with van der Waals surface area (Å²) >= 11 is 0. The summed E-state index contributed by atoms with van der Waals surface area (Å²) in [6.07, 6.45) is -4.86. The smallest absolute Gasteiger partial charge is 0.351 e. The number of sulfonamides is 1. The molecule has 0 saturated carbocycles. The lowest BCUT2D eigenvalue weighted by Gasteiger charge is -2.24. The van der Waals surface area contributed by atoms with E-state index in [1.54, 1.807) is 54.6 Å². The highest BCUT2D eigenvalue weighted by atomic mass is 32.2. The molecule has 3 rings (SSSR count). The van der Waals surface area contributed by atoms with Crippen LogP contribution in [0.5, 0.6) is 0 Å². The Morgan fingerprint density at radius 2 is 1.34 bits per heavy atom. The number of hydrogen-bond donors (Lipinski definition) is 1. The highest BCUT2D eigenvalue weighted by Gasteiger charge is 2.39. The molecule has 1 N–H and O–H groups in total. The lowest BCUT2D eigenvalue weighted by atomic mass is 10.2. The average molecular weight is 462 g/mol.